The lowest BCUT2D eigenvalue weighted by atomic mass is 10.0. The molecular weight excluding hydrogens is 440 g/mol. The fourth-order valence-electron chi connectivity index (χ4n) is 3.18. The first-order chi connectivity index (χ1) is 15.9. The van der Waals surface area contributed by atoms with E-state index in [9.17, 15) is 9.59 Å². The Morgan fingerprint density at radius 1 is 1.00 bits per heavy atom. The molecule has 4 aromatic rings. The maximum absolute atomic E-state index is 12.8. The Balaban J connectivity index is 1.48. The zero-order valence-electron chi connectivity index (χ0n) is 18.1. The number of halogens is 1. The van der Waals surface area contributed by atoms with E-state index in [1.807, 2.05) is 24.3 Å². The molecule has 0 fully saturated rings. The molecule has 0 N–H and O–H groups in total. The van der Waals surface area contributed by atoms with E-state index in [0.717, 1.165) is 5.56 Å². The Kier molecular flexibility index (Phi) is 6.61. The number of esters is 1. The van der Waals surface area contributed by atoms with Gasteiger partial charge in [-0.3, -0.25) is 4.79 Å². The number of ether oxygens (including phenoxy) is 2. The number of carbonyl (C=O) groups is 1. The van der Waals surface area contributed by atoms with Gasteiger partial charge in [0.2, 0.25) is 11.2 Å². The highest BCUT2D eigenvalue weighted by atomic mass is 35.5. The van der Waals surface area contributed by atoms with Crippen molar-refractivity contribution < 1.29 is 18.7 Å². The summed E-state index contributed by atoms with van der Waals surface area (Å²) in [6, 6.07) is 19.3. The van der Waals surface area contributed by atoms with Crippen LogP contribution in [0.5, 0.6) is 17.2 Å². The standard InChI is InChI=1S/C27H21ClO5/c1-17(2)19-10-7-18(8-11-19)9-14-26(29)32-20-12-13-21-24(15-20)31-16-25(27(21)30)33-23-6-4-3-5-22(23)28/h3-17H,1-2H3. The van der Waals surface area contributed by atoms with Crippen molar-refractivity contribution >= 4 is 34.6 Å². The van der Waals surface area contributed by atoms with E-state index in [4.69, 9.17) is 25.5 Å². The van der Waals surface area contributed by atoms with Crippen LogP contribution in [0, 0.1) is 0 Å². The molecule has 0 saturated carbocycles. The highest BCUT2D eigenvalue weighted by molar-refractivity contribution is 6.32. The average Bonchev–Trinajstić information content (AvgIpc) is 2.81. The number of hydrogen-bond donors (Lipinski definition) is 0. The average molecular weight is 461 g/mol. The summed E-state index contributed by atoms with van der Waals surface area (Å²) in [4.78, 5) is 25.0. The Bertz CT molecular complexity index is 1380. The van der Waals surface area contributed by atoms with Gasteiger partial charge in [-0.05, 0) is 47.4 Å². The van der Waals surface area contributed by atoms with Crippen molar-refractivity contribution in [2.24, 2.45) is 0 Å². The van der Waals surface area contributed by atoms with Crippen LogP contribution in [0.4, 0.5) is 0 Å². The summed E-state index contributed by atoms with van der Waals surface area (Å²) >= 11 is 6.09. The molecule has 166 valence electrons. The first-order valence-electron chi connectivity index (χ1n) is 10.4. The van der Waals surface area contributed by atoms with E-state index < -0.39 is 5.97 Å². The van der Waals surface area contributed by atoms with Crippen molar-refractivity contribution in [1.29, 1.82) is 0 Å². The van der Waals surface area contributed by atoms with Gasteiger partial charge in [-0.15, -0.1) is 0 Å². The van der Waals surface area contributed by atoms with Crippen LogP contribution in [0.2, 0.25) is 5.02 Å². The molecule has 1 aromatic heterocycles. The molecule has 6 heteroatoms. The van der Waals surface area contributed by atoms with Gasteiger partial charge in [0.15, 0.2) is 0 Å². The highest BCUT2D eigenvalue weighted by Crippen LogP contribution is 2.29. The first kappa shape index (κ1) is 22.4. The quantitative estimate of drug-likeness (QED) is 0.176. The zero-order valence-corrected chi connectivity index (χ0v) is 18.8. The normalized spacial score (nSPS) is 11.3. The molecule has 0 aliphatic rings. The molecule has 0 saturated heterocycles. The third kappa shape index (κ3) is 5.33. The van der Waals surface area contributed by atoms with E-state index >= 15 is 0 Å². The predicted molar refractivity (Wildman–Crippen MR) is 129 cm³/mol. The Labute approximate surface area is 195 Å². The summed E-state index contributed by atoms with van der Waals surface area (Å²) < 4.78 is 16.5. The minimum absolute atomic E-state index is 0.00626. The van der Waals surface area contributed by atoms with E-state index in [1.165, 1.54) is 36.1 Å². The third-order valence-electron chi connectivity index (χ3n) is 5.00. The summed E-state index contributed by atoms with van der Waals surface area (Å²) in [5.74, 6) is 0.520. The predicted octanol–water partition coefficient (Wildman–Crippen LogP) is 6.98. The zero-order chi connectivity index (χ0) is 23.4. The molecule has 0 atom stereocenters. The maximum atomic E-state index is 12.8. The number of para-hydroxylation sites is 1. The van der Waals surface area contributed by atoms with Gasteiger partial charge < -0.3 is 13.9 Å². The molecular formula is C27H21ClO5. The van der Waals surface area contributed by atoms with Crippen molar-refractivity contribution in [3.05, 3.63) is 105 Å². The fourth-order valence-corrected chi connectivity index (χ4v) is 3.35. The molecule has 4 rings (SSSR count). The van der Waals surface area contributed by atoms with E-state index in [1.54, 1.807) is 30.3 Å². The van der Waals surface area contributed by atoms with E-state index in [2.05, 4.69) is 13.8 Å². The molecule has 0 bridgehead atoms. The summed E-state index contributed by atoms with van der Waals surface area (Å²) in [5, 5.41) is 0.670. The second-order valence-electron chi connectivity index (χ2n) is 7.70. The smallest absolute Gasteiger partial charge is 0.336 e. The third-order valence-corrected chi connectivity index (χ3v) is 5.32. The van der Waals surface area contributed by atoms with Crippen LogP contribution < -0.4 is 14.9 Å². The fraction of sp³-hybridized carbons (Fsp3) is 0.111. The molecule has 5 nitrogen and oxygen atoms in total. The van der Waals surface area contributed by atoms with Gasteiger partial charge in [0.25, 0.3) is 0 Å². The van der Waals surface area contributed by atoms with Crippen molar-refractivity contribution in [2.45, 2.75) is 19.8 Å². The first-order valence-corrected chi connectivity index (χ1v) is 10.8. The van der Waals surface area contributed by atoms with Crippen LogP contribution in [0.3, 0.4) is 0 Å². The lowest BCUT2D eigenvalue weighted by Crippen LogP contribution is -2.06. The summed E-state index contributed by atoms with van der Waals surface area (Å²) in [7, 11) is 0. The Morgan fingerprint density at radius 2 is 1.76 bits per heavy atom. The number of benzene rings is 3. The molecule has 0 amide bonds. The molecule has 1 heterocycles. The Hall–Kier alpha value is -3.83. The van der Waals surface area contributed by atoms with Crippen LogP contribution >= 0.6 is 11.6 Å². The molecule has 0 radical (unpaired) electrons. The van der Waals surface area contributed by atoms with Crippen molar-refractivity contribution in [3.63, 3.8) is 0 Å². The highest BCUT2D eigenvalue weighted by Gasteiger charge is 2.12. The number of fused-ring (bicyclic) bond motifs is 1. The summed E-state index contributed by atoms with van der Waals surface area (Å²) in [6.45, 7) is 4.25. The minimum atomic E-state index is -0.539. The summed E-state index contributed by atoms with van der Waals surface area (Å²) in [5.41, 5.74) is 2.03. The van der Waals surface area contributed by atoms with Crippen LogP contribution in [0.25, 0.3) is 17.0 Å². The molecule has 0 unspecified atom stereocenters. The Morgan fingerprint density at radius 3 is 2.48 bits per heavy atom. The van der Waals surface area contributed by atoms with Crippen LogP contribution in [0.1, 0.15) is 30.9 Å². The lowest BCUT2D eigenvalue weighted by molar-refractivity contribution is -0.128. The largest absolute Gasteiger partial charge is 0.460 e. The molecule has 0 aliphatic carbocycles. The van der Waals surface area contributed by atoms with Gasteiger partial charge in [-0.2, -0.15) is 0 Å². The van der Waals surface area contributed by atoms with Crippen LogP contribution in [-0.2, 0) is 4.79 Å². The van der Waals surface area contributed by atoms with Gasteiger partial charge in [-0.1, -0.05) is 61.8 Å². The van der Waals surface area contributed by atoms with Gasteiger partial charge in [-0.25, -0.2) is 4.79 Å². The van der Waals surface area contributed by atoms with E-state index in [0.29, 0.717) is 22.1 Å². The molecule has 0 spiro atoms. The SMILES string of the molecule is CC(C)c1ccc(C=CC(=O)Oc2ccc3c(=O)c(Oc4ccccc4Cl)coc3c2)cc1. The number of rotatable bonds is 6. The topological polar surface area (TPSA) is 65.7 Å². The van der Waals surface area contributed by atoms with Gasteiger partial charge >= 0.3 is 5.97 Å². The monoisotopic (exact) mass is 460 g/mol. The minimum Gasteiger partial charge on any atom is -0.460 e. The van der Waals surface area contributed by atoms with Crippen molar-refractivity contribution in [1.82, 2.24) is 0 Å². The van der Waals surface area contributed by atoms with Gasteiger partial charge in [0.05, 0.1) is 10.4 Å². The molecule has 3 aromatic carbocycles. The van der Waals surface area contributed by atoms with Crippen molar-refractivity contribution in [3.8, 4) is 17.2 Å². The maximum Gasteiger partial charge on any atom is 0.336 e. The molecule has 0 aliphatic heterocycles. The van der Waals surface area contributed by atoms with Crippen molar-refractivity contribution in [2.75, 3.05) is 0 Å². The number of carbonyl (C=O) groups excluding carboxylic acids is 1. The second-order valence-corrected chi connectivity index (χ2v) is 8.10. The molecule has 33 heavy (non-hydrogen) atoms. The second kappa shape index (κ2) is 9.76. The van der Waals surface area contributed by atoms with E-state index in [-0.39, 0.29) is 22.5 Å². The van der Waals surface area contributed by atoms with Crippen LogP contribution in [-0.4, -0.2) is 5.97 Å². The van der Waals surface area contributed by atoms with Crippen LogP contribution in [0.15, 0.2) is 88.3 Å². The summed E-state index contributed by atoms with van der Waals surface area (Å²) in [6.07, 6.45) is 4.25. The van der Waals surface area contributed by atoms with Gasteiger partial charge in [0.1, 0.15) is 23.3 Å². The lowest BCUT2D eigenvalue weighted by Gasteiger charge is -2.07. The van der Waals surface area contributed by atoms with Gasteiger partial charge in [0, 0.05) is 12.1 Å². The number of hydrogen-bond acceptors (Lipinski definition) is 5.